The van der Waals surface area contributed by atoms with Gasteiger partial charge in [-0.1, -0.05) is 0 Å². The van der Waals surface area contributed by atoms with E-state index in [-0.39, 0.29) is 12.4 Å². The molecular formula is C6H9NO4. The molecule has 0 spiro atoms. The highest BCUT2D eigenvalue weighted by Gasteiger charge is 2.23. The minimum Gasteiger partial charge on any atom is -0.465 e. The van der Waals surface area contributed by atoms with Crippen molar-refractivity contribution in [2.24, 2.45) is 0 Å². The Labute approximate surface area is 63.3 Å². The summed E-state index contributed by atoms with van der Waals surface area (Å²) in [6, 6.07) is -0.666. The molecule has 1 rings (SSSR count). The molecule has 2 N–H and O–H groups in total. The van der Waals surface area contributed by atoms with E-state index in [1.807, 2.05) is 0 Å². The molecule has 1 atom stereocenters. The molecule has 5 heteroatoms. The predicted molar refractivity (Wildman–Crippen MR) is 35.4 cm³/mol. The first-order chi connectivity index (χ1) is 5.20. The maximum atomic E-state index is 10.9. The van der Waals surface area contributed by atoms with Gasteiger partial charge in [0.2, 0.25) is 0 Å². The van der Waals surface area contributed by atoms with Crippen molar-refractivity contribution >= 4 is 11.9 Å². The highest BCUT2D eigenvalue weighted by Crippen LogP contribution is 2.01. The van der Waals surface area contributed by atoms with Crippen LogP contribution in [0.3, 0.4) is 0 Å². The highest BCUT2D eigenvalue weighted by molar-refractivity contribution is 5.87. The number of carboxylic acid groups (broad SMARTS) is 1. The van der Waals surface area contributed by atoms with Gasteiger partial charge in [0.15, 0.2) is 5.78 Å². The molecule has 1 aliphatic heterocycles. The molecule has 1 saturated heterocycles. The number of hydrogen-bond acceptors (Lipinski definition) is 3. The van der Waals surface area contributed by atoms with Crippen molar-refractivity contribution in [3.05, 3.63) is 0 Å². The zero-order chi connectivity index (χ0) is 8.27. The Hall–Kier alpha value is -1.10. The third-order valence-electron chi connectivity index (χ3n) is 1.46. The molecule has 1 fully saturated rings. The van der Waals surface area contributed by atoms with Crippen molar-refractivity contribution in [3.63, 3.8) is 0 Å². The maximum absolute atomic E-state index is 10.9. The minimum atomic E-state index is -1.19. The first-order valence-corrected chi connectivity index (χ1v) is 3.30. The summed E-state index contributed by atoms with van der Waals surface area (Å²) in [6.45, 7) is 0.557. The Bertz CT molecular complexity index is 179. The number of ether oxygens (including phenoxy) is 1. The molecule has 0 aromatic carbocycles. The van der Waals surface area contributed by atoms with Crippen LogP contribution in [-0.2, 0) is 9.53 Å². The summed E-state index contributed by atoms with van der Waals surface area (Å²) >= 11 is 0. The topological polar surface area (TPSA) is 75.6 Å². The number of hydrogen-bond donors (Lipinski definition) is 2. The molecule has 0 radical (unpaired) electrons. The normalized spacial score (nSPS) is 24.7. The van der Waals surface area contributed by atoms with Gasteiger partial charge in [0, 0.05) is 6.42 Å². The number of nitrogens with one attached hydrogen (secondary N) is 1. The molecule has 0 aliphatic carbocycles. The van der Waals surface area contributed by atoms with Crippen LogP contribution >= 0.6 is 0 Å². The summed E-state index contributed by atoms with van der Waals surface area (Å²) in [5.74, 6) is -0.0985. The number of Topliss-reactive ketones (excluding diaryl/α,β-unsaturated/α-hetero) is 1. The third-order valence-corrected chi connectivity index (χ3v) is 1.46. The lowest BCUT2D eigenvalue weighted by Gasteiger charge is -2.20. The molecule has 62 valence electrons. The number of carbonyl (C=O) groups is 2. The number of carbonyl (C=O) groups excluding carboxylic acids is 1. The first kappa shape index (κ1) is 8.00. The Morgan fingerprint density at radius 3 is 3.00 bits per heavy atom. The standard InChI is InChI=1S/C6H9NO4/c8-5-1-2-11-3-4(5)7-6(9)10/h4,7H,1-3H2,(H,9,10)/t4-/m0/s1. The summed E-state index contributed by atoms with van der Waals surface area (Å²) in [5.41, 5.74) is 0. The largest absolute Gasteiger partial charge is 0.465 e. The number of ketones is 1. The molecule has 11 heavy (non-hydrogen) atoms. The van der Waals surface area contributed by atoms with E-state index >= 15 is 0 Å². The van der Waals surface area contributed by atoms with Gasteiger partial charge >= 0.3 is 6.09 Å². The van der Waals surface area contributed by atoms with Crippen molar-refractivity contribution < 1.29 is 19.4 Å². The van der Waals surface area contributed by atoms with E-state index in [2.05, 4.69) is 5.32 Å². The van der Waals surface area contributed by atoms with Crippen molar-refractivity contribution in [1.82, 2.24) is 5.32 Å². The predicted octanol–water partition coefficient (Wildman–Crippen LogP) is -0.388. The Kier molecular flexibility index (Phi) is 2.43. The minimum absolute atomic E-state index is 0.0985. The second kappa shape index (κ2) is 3.34. The number of amides is 1. The van der Waals surface area contributed by atoms with Crippen LogP contribution in [0.5, 0.6) is 0 Å². The van der Waals surface area contributed by atoms with E-state index in [4.69, 9.17) is 9.84 Å². The van der Waals surface area contributed by atoms with Gasteiger partial charge < -0.3 is 15.2 Å². The van der Waals surface area contributed by atoms with Gasteiger partial charge in [0.25, 0.3) is 0 Å². The fourth-order valence-corrected chi connectivity index (χ4v) is 0.912. The Morgan fingerprint density at radius 2 is 2.45 bits per heavy atom. The summed E-state index contributed by atoms with van der Waals surface area (Å²) < 4.78 is 4.91. The smallest absolute Gasteiger partial charge is 0.405 e. The molecule has 5 nitrogen and oxygen atoms in total. The molecule has 0 bridgehead atoms. The van der Waals surface area contributed by atoms with Crippen molar-refractivity contribution in [1.29, 1.82) is 0 Å². The fraction of sp³-hybridized carbons (Fsp3) is 0.667. The maximum Gasteiger partial charge on any atom is 0.405 e. The van der Waals surface area contributed by atoms with Crippen LogP contribution in [-0.4, -0.2) is 36.2 Å². The quantitative estimate of drug-likeness (QED) is 0.546. The van der Waals surface area contributed by atoms with Crippen LogP contribution in [0.4, 0.5) is 4.79 Å². The Morgan fingerprint density at radius 1 is 1.73 bits per heavy atom. The average Bonchev–Trinajstić information content (AvgIpc) is 1.93. The van der Waals surface area contributed by atoms with Crippen LogP contribution in [0.25, 0.3) is 0 Å². The zero-order valence-corrected chi connectivity index (χ0v) is 5.87. The summed E-state index contributed by atoms with van der Waals surface area (Å²) in [6.07, 6.45) is -0.890. The lowest BCUT2D eigenvalue weighted by atomic mass is 10.1. The first-order valence-electron chi connectivity index (χ1n) is 3.30. The molecule has 1 aliphatic rings. The van der Waals surface area contributed by atoms with E-state index < -0.39 is 12.1 Å². The van der Waals surface area contributed by atoms with Crippen molar-refractivity contribution in [2.75, 3.05) is 13.2 Å². The third kappa shape index (κ3) is 2.19. The van der Waals surface area contributed by atoms with Crippen LogP contribution < -0.4 is 5.32 Å². The Balaban J connectivity index is 2.42. The van der Waals surface area contributed by atoms with Gasteiger partial charge in [-0.2, -0.15) is 0 Å². The van der Waals surface area contributed by atoms with E-state index in [9.17, 15) is 9.59 Å². The molecule has 0 aromatic heterocycles. The molecular weight excluding hydrogens is 150 g/mol. The van der Waals surface area contributed by atoms with Gasteiger partial charge in [0.1, 0.15) is 6.04 Å². The number of rotatable bonds is 1. The molecule has 0 aromatic rings. The van der Waals surface area contributed by atoms with E-state index in [1.54, 1.807) is 0 Å². The fourth-order valence-electron chi connectivity index (χ4n) is 0.912. The lowest BCUT2D eigenvalue weighted by molar-refractivity contribution is -0.127. The van der Waals surface area contributed by atoms with Crippen LogP contribution in [0.15, 0.2) is 0 Å². The second-order valence-electron chi connectivity index (χ2n) is 2.29. The summed E-state index contributed by atoms with van der Waals surface area (Å²) in [7, 11) is 0. The molecule has 0 unspecified atom stereocenters. The van der Waals surface area contributed by atoms with Gasteiger partial charge in [-0.3, -0.25) is 4.79 Å². The van der Waals surface area contributed by atoms with E-state index in [0.29, 0.717) is 13.0 Å². The molecule has 0 saturated carbocycles. The van der Waals surface area contributed by atoms with Gasteiger partial charge in [0.05, 0.1) is 13.2 Å². The summed E-state index contributed by atoms with van der Waals surface area (Å²) in [5, 5.41) is 10.3. The van der Waals surface area contributed by atoms with Crippen LogP contribution in [0, 0.1) is 0 Å². The highest BCUT2D eigenvalue weighted by atomic mass is 16.5. The molecule has 1 amide bonds. The van der Waals surface area contributed by atoms with Crippen molar-refractivity contribution in [2.45, 2.75) is 12.5 Å². The SMILES string of the molecule is O=C(O)N[C@H]1COCCC1=O. The van der Waals surface area contributed by atoms with Crippen LogP contribution in [0.1, 0.15) is 6.42 Å². The second-order valence-corrected chi connectivity index (χ2v) is 2.29. The molecule has 1 heterocycles. The van der Waals surface area contributed by atoms with Gasteiger partial charge in [-0.25, -0.2) is 4.79 Å². The van der Waals surface area contributed by atoms with E-state index in [0.717, 1.165) is 0 Å². The summed E-state index contributed by atoms with van der Waals surface area (Å²) in [4.78, 5) is 21.0. The van der Waals surface area contributed by atoms with E-state index in [1.165, 1.54) is 0 Å². The zero-order valence-electron chi connectivity index (χ0n) is 5.87. The van der Waals surface area contributed by atoms with Crippen molar-refractivity contribution in [3.8, 4) is 0 Å². The van der Waals surface area contributed by atoms with Gasteiger partial charge in [-0.15, -0.1) is 0 Å². The monoisotopic (exact) mass is 159 g/mol. The average molecular weight is 159 g/mol. The van der Waals surface area contributed by atoms with Crippen LogP contribution in [0.2, 0.25) is 0 Å². The lowest BCUT2D eigenvalue weighted by Crippen LogP contribution is -2.46. The van der Waals surface area contributed by atoms with Gasteiger partial charge in [-0.05, 0) is 0 Å².